The van der Waals surface area contributed by atoms with E-state index in [1.807, 2.05) is 38.1 Å². The average molecular weight is 340 g/mol. The Balaban J connectivity index is 1.51. The fraction of sp³-hybridized carbons (Fsp3) is 0.368. The minimum absolute atomic E-state index is 0.225. The summed E-state index contributed by atoms with van der Waals surface area (Å²) < 4.78 is 22.1. The van der Waals surface area contributed by atoms with Gasteiger partial charge in [0, 0.05) is 24.0 Å². The number of aromatic nitrogens is 2. The number of rotatable bonds is 4. The SMILES string of the molecule is Cc1coc(C)c1-c1nc(-c2ccc(OC3CCOCC3)cc2)no1. The molecule has 0 amide bonds. The van der Waals surface area contributed by atoms with Crippen LogP contribution in [0.2, 0.25) is 0 Å². The molecule has 0 aliphatic carbocycles. The van der Waals surface area contributed by atoms with Gasteiger partial charge in [0.05, 0.1) is 25.0 Å². The van der Waals surface area contributed by atoms with Crippen molar-refractivity contribution in [1.29, 1.82) is 0 Å². The fourth-order valence-electron chi connectivity index (χ4n) is 3.00. The van der Waals surface area contributed by atoms with Crippen LogP contribution in [-0.2, 0) is 4.74 Å². The van der Waals surface area contributed by atoms with E-state index in [2.05, 4.69) is 10.1 Å². The predicted octanol–water partition coefficient (Wildman–Crippen LogP) is 4.17. The highest BCUT2D eigenvalue weighted by atomic mass is 16.5. The van der Waals surface area contributed by atoms with Crippen molar-refractivity contribution in [3.63, 3.8) is 0 Å². The van der Waals surface area contributed by atoms with Crippen molar-refractivity contribution in [1.82, 2.24) is 10.1 Å². The van der Waals surface area contributed by atoms with Crippen LogP contribution in [-0.4, -0.2) is 29.5 Å². The molecule has 0 radical (unpaired) electrons. The molecule has 1 aromatic carbocycles. The largest absolute Gasteiger partial charge is 0.490 e. The molecule has 3 heterocycles. The normalized spacial score (nSPS) is 15.4. The molecule has 1 aliphatic rings. The van der Waals surface area contributed by atoms with Crippen LogP contribution < -0.4 is 4.74 Å². The molecule has 3 aromatic rings. The number of ether oxygens (including phenoxy) is 2. The Hall–Kier alpha value is -2.60. The van der Waals surface area contributed by atoms with Crippen molar-refractivity contribution >= 4 is 0 Å². The van der Waals surface area contributed by atoms with E-state index < -0.39 is 0 Å². The molecule has 4 rings (SSSR count). The number of aryl methyl sites for hydroxylation is 2. The van der Waals surface area contributed by atoms with Crippen molar-refractivity contribution in [2.75, 3.05) is 13.2 Å². The van der Waals surface area contributed by atoms with Crippen molar-refractivity contribution < 1.29 is 18.4 Å². The van der Waals surface area contributed by atoms with Gasteiger partial charge < -0.3 is 18.4 Å². The fourth-order valence-corrected chi connectivity index (χ4v) is 3.00. The molecule has 0 saturated carbocycles. The molecule has 0 spiro atoms. The van der Waals surface area contributed by atoms with Crippen LogP contribution in [0.4, 0.5) is 0 Å². The second-order valence-corrected chi connectivity index (χ2v) is 6.23. The van der Waals surface area contributed by atoms with Crippen LogP contribution >= 0.6 is 0 Å². The van der Waals surface area contributed by atoms with Gasteiger partial charge in [-0.3, -0.25) is 0 Å². The minimum Gasteiger partial charge on any atom is -0.490 e. The summed E-state index contributed by atoms with van der Waals surface area (Å²) in [7, 11) is 0. The van der Waals surface area contributed by atoms with Gasteiger partial charge in [-0.05, 0) is 38.1 Å². The second kappa shape index (κ2) is 6.72. The summed E-state index contributed by atoms with van der Waals surface area (Å²) in [5, 5.41) is 4.08. The van der Waals surface area contributed by atoms with E-state index in [1.54, 1.807) is 6.26 Å². The topological polar surface area (TPSA) is 70.5 Å². The van der Waals surface area contributed by atoms with Gasteiger partial charge in [-0.1, -0.05) is 5.16 Å². The molecule has 1 saturated heterocycles. The summed E-state index contributed by atoms with van der Waals surface area (Å²) in [6, 6.07) is 7.76. The summed E-state index contributed by atoms with van der Waals surface area (Å²) in [5.41, 5.74) is 2.72. The van der Waals surface area contributed by atoms with E-state index in [0.29, 0.717) is 11.7 Å². The van der Waals surface area contributed by atoms with E-state index >= 15 is 0 Å². The quantitative estimate of drug-likeness (QED) is 0.710. The predicted molar refractivity (Wildman–Crippen MR) is 91.4 cm³/mol. The van der Waals surface area contributed by atoms with E-state index in [0.717, 1.165) is 54.3 Å². The van der Waals surface area contributed by atoms with Gasteiger partial charge >= 0.3 is 0 Å². The maximum Gasteiger partial charge on any atom is 0.262 e. The Labute approximate surface area is 145 Å². The van der Waals surface area contributed by atoms with E-state index in [-0.39, 0.29) is 6.10 Å². The van der Waals surface area contributed by atoms with Gasteiger partial charge in [-0.15, -0.1) is 0 Å². The first-order valence-corrected chi connectivity index (χ1v) is 8.44. The summed E-state index contributed by atoms with van der Waals surface area (Å²) in [4.78, 5) is 4.49. The smallest absolute Gasteiger partial charge is 0.262 e. The standard InChI is InChI=1S/C19H20N2O4/c1-12-11-23-13(2)17(12)19-20-18(21-25-19)14-3-5-15(6-4-14)24-16-7-9-22-10-8-16/h3-6,11,16H,7-10H2,1-2H3. The summed E-state index contributed by atoms with van der Waals surface area (Å²) in [6.07, 6.45) is 3.78. The van der Waals surface area contributed by atoms with Crippen molar-refractivity contribution in [3.05, 3.63) is 41.9 Å². The van der Waals surface area contributed by atoms with Crippen molar-refractivity contribution in [2.24, 2.45) is 0 Å². The molecule has 25 heavy (non-hydrogen) atoms. The number of furan rings is 1. The number of hydrogen-bond acceptors (Lipinski definition) is 6. The van der Waals surface area contributed by atoms with E-state index in [1.165, 1.54) is 0 Å². The third-order valence-electron chi connectivity index (χ3n) is 4.38. The zero-order valence-electron chi connectivity index (χ0n) is 14.3. The van der Waals surface area contributed by atoms with E-state index in [4.69, 9.17) is 18.4 Å². The van der Waals surface area contributed by atoms with Gasteiger partial charge in [0.25, 0.3) is 5.89 Å². The molecule has 0 bridgehead atoms. The molecule has 0 atom stereocenters. The average Bonchev–Trinajstić information content (AvgIpc) is 3.23. The molecular weight excluding hydrogens is 320 g/mol. The third-order valence-corrected chi connectivity index (χ3v) is 4.38. The lowest BCUT2D eigenvalue weighted by Gasteiger charge is -2.23. The zero-order chi connectivity index (χ0) is 17.2. The van der Waals surface area contributed by atoms with Gasteiger partial charge in [0.2, 0.25) is 5.82 Å². The van der Waals surface area contributed by atoms with E-state index in [9.17, 15) is 0 Å². The highest BCUT2D eigenvalue weighted by Crippen LogP contribution is 2.29. The van der Waals surface area contributed by atoms with Gasteiger partial charge in [-0.2, -0.15) is 4.98 Å². The molecule has 6 nitrogen and oxygen atoms in total. The number of nitrogens with zero attached hydrogens (tertiary/aromatic N) is 2. The highest BCUT2D eigenvalue weighted by Gasteiger charge is 2.18. The Bertz CT molecular complexity index is 825. The summed E-state index contributed by atoms with van der Waals surface area (Å²) >= 11 is 0. The lowest BCUT2D eigenvalue weighted by molar-refractivity contribution is 0.0256. The van der Waals surface area contributed by atoms with Gasteiger partial charge in [0.1, 0.15) is 17.6 Å². The Morgan fingerprint density at radius 1 is 1.08 bits per heavy atom. The maximum atomic E-state index is 5.99. The molecule has 1 aliphatic heterocycles. The van der Waals surface area contributed by atoms with Crippen molar-refractivity contribution in [3.8, 4) is 28.6 Å². The lowest BCUT2D eigenvalue weighted by Crippen LogP contribution is -2.25. The monoisotopic (exact) mass is 340 g/mol. The molecule has 2 aromatic heterocycles. The van der Waals surface area contributed by atoms with Crippen LogP contribution in [0.15, 0.2) is 39.5 Å². The highest BCUT2D eigenvalue weighted by molar-refractivity contribution is 5.64. The van der Waals surface area contributed by atoms with Crippen LogP contribution in [0, 0.1) is 13.8 Å². The zero-order valence-corrected chi connectivity index (χ0v) is 14.3. The molecular formula is C19H20N2O4. The van der Waals surface area contributed by atoms with Crippen LogP contribution in [0.25, 0.3) is 22.8 Å². The molecule has 0 N–H and O–H groups in total. The lowest BCUT2D eigenvalue weighted by atomic mass is 10.1. The Kier molecular flexibility index (Phi) is 4.28. The molecule has 1 fully saturated rings. The Morgan fingerprint density at radius 3 is 2.52 bits per heavy atom. The Morgan fingerprint density at radius 2 is 1.84 bits per heavy atom. The van der Waals surface area contributed by atoms with Gasteiger partial charge in [0.15, 0.2) is 0 Å². The first kappa shape index (κ1) is 15.9. The van der Waals surface area contributed by atoms with Gasteiger partial charge in [-0.25, -0.2) is 0 Å². The molecule has 6 heteroatoms. The first-order valence-electron chi connectivity index (χ1n) is 8.44. The third kappa shape index (κ3) is 3.30. The summed E-state index contributed by atoms with van der Waals surface area (Å²) in [5.74, 6) is 2.64. The molecule has 130 valence electrons. The van der Waals surface area contributed by atoms with Crippen LogP contribution in [0.5, 0.6) is 5.75 Å². The van der Waals surface area contributed by atoms with Crippen LogP contribution in [0.1, 0.15) is 24.2 Å². The first-order chi connectivity index (χ1) is 12.2. The number of benzene rings is 1. The summed E-state index contributed by atoms with van der Waals surface area (Å²) in [6.45, 7) is 5.37. The molecule has 0 unspecified atom stereocenters. The number of hydrogen-bond donors (Lipinski definition) is 0. The van der Waals surface area contributed by atoms with Crippen LogP contribution in [0.3, 0.4) is 0 Å². The van der Waals surface area contributed by atoms with Crippen molar-refractivity contribution in [2.45, 2.75) is 32.8 Å². The second-order valence-electron chi connectivity index (χ2n) is 6.23. The minimum atomic E-state index is 0.225. The maximum absolute atomic E-state index is 5.99.